The molecule has 3 rings (SSSR count). The van der Waals surface area contributed by atoms with Gasteiger partial charge in [0.2, 0.25) is 0 Å². The van der Waals surface area contributed by atoms with Crippen molar-refractivity contribution >= 4 is 25.4 Å². The molecule has 0 saturated carbocycles. The normalized spacial score (nSPS) is 11.4. The zero-order chi connectivity index (χ0) is 20.6. The molecule has 8 heteroatoms. The van der Waals surface area contributed by atoms with E-state index in [1.165, 1.54) is 12.4 Å². The predicted octanol–water partition coefficient (Wildman–Crippen LogP) is 1.86. The standard InChI is InChI=1S/C21H18BN3O4/c22-17-11-23-19(24-12-17)16-8-6-14(7-9-16)10-18(20(26)27)25-21(28)29-13-15-4-2-1-3-5-15/h1-9,11-12,18H,10,13H2,(H,25,28)(H,26,27)/t18-/m0/s1. The molecule has 0 unspecified atom stereocenters. The number of carbonyl (C=O) groups is 2. The van der Waals surface area contributed by atoms with Gasteiger partial charge in [-0.15, -0.1) is 0 Å². The molecule has 1 amide bonds. The number of aliphatic carboxylic acids is 1. The second-order valence-corrected chi connectivity index (χ2v) is 6.34. The highest BCUT2D eigenvalue weighted by Gasteiger charge is 2.21. The number of carbonyl (C=O) groups excluding carboxylic acids is 1. The number of benzene rings is 2. The molecular formula is C21H18BN3O4. The summed E-state index contributed by atoms with van der Waals surface area (Å²) in [4.78, 5) is 31.8. The number of rotatable bonds is 7. The maximum absolute atomic E-state index is 12.0. The number of amides is 1. The first-order chi connectivity index (χ1) is 14.0. The minimum atomic E-state index is -1.15. The lowest BCUT2D eigenvalue weighted by molar-refractivity contribution is -0.139. The number of carboxylic acids is 1. The first-order valence-corrected chi connectivity index (χ1v) is 8.88. The molecule has 1 aromatic heterocycles. The van der Waals surface area contributed by atoms with Gasteiger partial charge in [0, 0.05) is 24.4 Å². The monoisotopic (exact) mass is 387 g/mol. The van der Waals surface area contributed by atoms with E-state index in [2.05, 4.69) is 15.3 Å². The Morgan fingerprint density at radius 1 is 1.00 bits per heavy atom. The van der Waals surface area contributed by atoms with E-state index >= 15 is 0 Å². The van der Waals surface area contributed by atoms with Crippen molar-refractivity contribution in [2.45, 2.75) is 19.1 Å². The summed E-state index contributed by atoms with van der Waals surface area (Å²) < 4.78 is 5.09. The molecular weight excluding hydrogens is 369 g/mol. The molecule has 2 N–H and O–H groups in total. The van der Waals surface area contributed by atoms with Gasteiger partial charge in [-0.1, -0.05) is 60.1 Å². The molecule has 0 aliphatic heterocycles. The largest absolute Gasteiger partial charge is 0.480 e. The number of aromatic nitrogens is 2. The van der Waals surface area contributed by atoms with Crippen molar-refractivity contribution in [1.29, 1.82) is 0 Å². The van der Waals surface area contributed by atoms with Crippen LogP contribution < -0.4 is 10.8 Å². The highest BCUT2D eigenvalue weighted by atomic mass is 16.5. The third kappa shape index (κ3) is 5.90. The zero-order valence-corrected chi connectivity index (χ0v) is 15.5. The zero-order valence-electron chi connectivity index (χ0n) is 15.5. The minimum Gasteiger partial charge on any atom is -0.480 e. The summed E-state index contributed by atoms with van der Waals surface area (Å²) in [6.07, 6.45) is 2.36. The van der Waals surface area contributed by atoms with Gasteiger partial charge < -0.3 is 15.2 Å². The van der Waals surface area contributed by atoms with E-state index in [1.54, 1.807) is 24.3 Å². The quantitative estimate of drug-likeness (QED) is 0.601. The summed E-state index contributed by atoms with van der Waals surface area (Å²) in [5.74, 6) is -0.629. The molecule has 0 spiro atoms. The van der Waals surface area contributed by atoms with Crippen LogP contribution in [-0.4, -0.2) is 41.0 Å². The van der Waals surface area contributed by atoms with Crippen LogP contribution in [0.3, 0.4) is 0 Å². The number of alkyl carbamates (subject to hydrolysis) is 1. The Hall–Kier alpha value is -3.68. The molecule has 0 bridgehead atoms. The smallest absolute Gasteiger partial charge is 0.408 e. The van der Waals surface area contributed by atoms with E-state index in [1.807, 2.05) is 30.3 Å². The van der Waals surface area contributed by atoms with Crippen molar-refractivity contribution in [3.63, 3.8) is 0 Å². The molecule has 2 radical (unpaired) electrons. The Morgan fingerprint density at radius 2 is 1.66 bits per heavy atom. The van der Waals surface area contributed by atoms with Crippen molar-refractivity contribution in [2.75, 3.05) is 0 Å². The maximum atomic E-state index is 12.0. The van der Waals surface area contributed by atoms with Gasteiger partial charge in [-0.25, -0.2) is 19.6 Å². The van der Waals surface area contributed by atoms with Crippen LogP contribution in [0, 0.1) is 0 Å². The van der Waals surface area contributed by atoms with E-state index in [9.17, 15) is 14.7 Å². The third-order valence-corrected chi connectivity index (χ3v) is 4.13. The van der Waals surface area contributed by atoms with Crippen molar-refractivity contribution in [2.24, 2.45) is 0 Å². The van der Waals surface area contributed by atoms with Gasteiger partial charge in [0.15, 0.2) is 5.82 Å². The molecule has 29 heavy (non-hydrogen) atoms. The first kappa shape index (κ1) is 20.1. The summed E-state index contributed by atoms with van der Waals surface area (Å²) in [5, 5.41) is 11.8. The van der Waals surface area contributed by atoms with Crippen LogP contribution >= 0.6 is 0 Å². The first-order valence-electron chi connectivity index (χ1n) is 8.88. The molecule has 1 heterocycles. The number of hydrogen-bond donors (Lipinski definition) is 2. The fraction of sp³-hybridized carbons (Fsp3) is 0.143. The van der Waals surface area contributed by atoms with Crippen LogP contribution in [0.2, 0.25) is 0 Å². The lowest BCUT2D eigenvalue weighted by atomic mass is 10.0. The summed E-state index contributed by atoms with van der Waals surface area (Å²) in [6.45, 7) is 0.0648. The van der Waals surface area contributed by atoms with Gasteiger partial charge in [0.25, 0.3) is 0 Å². The van der Waals surface area contributed by atoms with Crippen LogP contribution in [0.4, 0.5) is 4.79 Å². The number of nitrogens with one attached hydrogen (secondary N) is 1. The Morgan fingerprint density at radius 3 is 2.28 bits per heavy atom. The Labute approximate surface area is 169 Å². The number of carboxylic acid groups (broad SMARTS) is 1. The fourth-order valence-corrected chi connectivity index (χ4v) is 2.62. The van der Waals surface area contributed by atoms with Gasteiger partial charge in [0.1, 0.15) is 20.5 Å². The summed E-state index contributed by atoms with van der Waals surface area (Å²) in [6, 6.07) is 15.1. The Bertz CT molecular complexity index is 963. The van der Waals surface area contributed by atoms with Gasteiger partial charge in [0.05, 0.1) is 0 Å². The van der Waals surface area contributed by atoms with Crippen molar-refractivity contribution in [1.82, 2.24) is 15.3 Å². The van der Waals surface area contributed by atoms with Crippen LogP contribution in [0.15, 0.2) is 67.0 Å². The summed E-state index contributed by atoms with van der Waals surface area (Å²) in [5.41, 5.74) is 2.80. The van der Waals surface area contributed by atoms with E-state index in [0.717, 1.165) is 16.7 Å². The van der Waals surface area contributed by atoms with E-state index < -0.39 is 18.1 Å². The van der Waals surface area contributed by atoms with E-state index in [-0.39, 0.29) is 13.0 Å². The van der Waals surface area contributed by atoms with Crippen LogP contribution in [0.1, 0.15) is 11.1 Å². The topological polar surface area (TPSA) is 101 Å². The molecule has 7 nitrogen and oxygen atoms in total. The predicted molar refractivity (Wildman–Crippen MR) is 108 cm³/mol. The molecule has 2 aromatic carbocycles. The van der Waals surface area contributed by atoms with E-state index in [0.29, 0.717) is 11.3 Å². The maximum Gasteiger partial charge on any atom is 0.408 e. The van der Waals surface area contributed by atoms with Gasteiger partial charge in [-0.05, 0) is 11.1 Å². The van der Waals surface area contributed by atoms with Crippen LogP contribution in [-0.2, 0) is 22.6 Å². The summed E-state index contributed by atoms with van der Waals surface area (Å²) in [7, 11) is 5.58. The Balaban J connectivity index is 1.59. The molecule has 0 aliphatic carbocycles. The molecule has 3 aromatic rings. The number of nitrogens with zero attached hydrogens (tertiary/aromatic N) is 2. The Kier molecular flexibility index (Phi) is 6.57. The van der Waals surface area contributed by atoms with Crippen LogP contribution in [0.25, 0.3) is 11.4 Å². The SMILES string of the molecule is [B]c1cnc(-c2ccc(C[C@H](NC(=O)OCc3ccccc3)C(=O)O)cc2)nc1. The van der Waals surface area contributed by atoms with Crippen molar-refractivity contribution in [3.8, 4) is 11.4 Å². The second-order valence-electron chi connectivity index (χ2n) is 6.34. The van der Waals surface area contributed by atoms with Gasteiger partial charge in [-0.3, -0.25) is 0 Å². The number of hydrogen-bond acceptors (Lipinski definition) is 5. The van der Waals surface area contributed by atoms with Crippen LogP contribution in [0.5, 0.6) is 0 Å². The molecule has 0 saturated heterocycles. The molecule has 0 aliphatic rings. The average Bonchev–Trinajstić information content (AvgIpc) is 2.73. The van der Waals surface area contributed by atoms with Crippen molar-refractivity contribution in [3.05, 3.63) is 78.1 Å². The summed E-state index contributed by atoms with van der Waals surface area (Å²) >= 11 is 0. The highest BCUT2D eigenvalue weighted by molar-refractivity contribution is 6.31. The second kappa shape index (κ2) is 9.50. The fourth-order valence-electron chi connectivity index (χ4n) is 2.62. The van der Waals surface area contributed by atoms with E-state index in [4.69, 9.17) is 12.6 Å². The lowest BCUT2D eigenvalue weighted by Crippen LogP contribution is -2.42. The minimum absolute atomic E-state index is 0.0648. The molecule has 0 fully saturated rings. The third-order valence-electron chi connectivity index (χ3n) is 4.13. The number of ether oxygens (including phenoxy) is 1. The lowest BCUT2D eigenvalue weighted by Gasteiger charge is -2.15. The highest BCUT2D eigenvalue weighted by Crippen LogP contribution is 2.15. The average molecular weight is 387 g/mol. The molecule has 1 atom stereocenters. The van der Waals surface area contributed by atoms with Gasteiger partial charge in [-0.2, -0.15) is 0 Å². The van der Waals surface area contributed by atoms with Gasteiger partial charge >= 0.3 is 12.1 Å². The molecule has 144 valence electrons. The van der Waals surface area contributed by atoms with Crippen molar-refractivity contribution < 1.29 is 19.4 Å².